The Morgan fingerprint density at radius 1 is 1.10 bits per heavy atom. The van der Waals surface area contributed by atoms with Gasteiger partial charge < -0.3 is 5.32 Å². The minimum absolute atomic E-state index is 0.0186. The van der Waals surface area contributed by atoms with Crippen molar-refractivity contribution in [3.8, 4) is 0 Å². The molecule has 0 aliphatic carbocycles. The first-order valence-electron chi connectivity index (χ1n) is 9.62. The maximum atomic E-state index is 12.7. The van der Waals surface area contributed by atoms with Crippen LogP contribution in [0.5, 0.6) is 0 Å². The fourth-order valence-electron chi connectivity index (χ4n) is 3.31. The number of amides is 1. The van der Waals surface area contributed by atoms with E-state index in [4.69, 9.17) is 11.6 Å². The summed E-state index contributed by atoms with van der Waals surface area (Å²) in [7, 11) is -3.48. The average Bonchev–Trinajstić information content (AvgIpc) is 2.74. The summed E-state index contributed by atoms with van der Waals surface area (Å²) in [5.41, 5.74) is 1.17. The number of piperidine rings is 1. The van der Waals surface area contributed by atoms with Gasteiger partial charge in [0.2, 0.25) is 15.9 Å². The summed E-state index contributed by atoms with van der Waals surface area (Å²) in [6.07, 6.45) is 1.10. The average molecular weight is 453 g/mol. The second-order valence-corrected chi connectivity index (χ2v) is 10.4. The highest BCUT2D eigenvalue weighted by molar-refractivity contribution is 7.98. The SMILES string of the molecule is O=C(NCCSCc1cccc(Cl)c1)C1CCN(S(=O)(=O)c2ccccc2)CC1. The molecule has 1 fully saturated rings. The van der Waals surface area contributed by atoms with Crippen molar-refractivity contribution in [2.24, 2.45) is 5.92 Å². The first kappa shape index (κ1) is 22.2. The van der Waals surface area contributed by atoms with Crippen molar-refractivity contribution in [3.63, 3.8) is 0 Å². The Morgan fingerprint density at radius 3 is 2.52 bits per heavy atom. The quantitative estimate of drug-likeness (QED) is 0.619. The predicted molar refractivity (Wildman–Crippen MR) is 119 cm³/mol. The van der Waals surface area contributed by atoms with Crippen LogP contribution in [0.1, 0.15) is 18.4 Å². The summed E-state index contributed by atoms with van der Waals surface area (Å²) in [4.78, 5) is 12.7. The number of rotatable bonds is 8. The lowest BCUT2D eigenvalue weighted by atomic mass is 9.97. The van der Waals surface area contributed by atoms with Crippen LogP contribution in [0, 0.1) is 5.92 Å². The normalized spacial score (nSPS) is 15.9. The minimum atomic E-state index is -3.48. The number of carbonyl (C=O) groups is 1. The van der Waals surface area contributed by atoms with Gasteiger partial charge in [-0.3, -0.25) is 4.79 Å². The summed E-state index contributed by atoms with van der Waals surface area (Å²) >= 11 is 7.72. The van der Waals surface area contributed by atoms with Gasteiger partial charge in [-0.25, -0.2) is 8.42 Å². The third-order valence-electron chi connectivity index (χ3n) is 4.91. The van der Waals surface area contributed by atoms with Crippen LogP contribution in [-0.4, -0.2) is 44.0 Å². The van der Waals surface area contributed by atoms with E-state index in [0.29, 0.717) is 37.4 Å². The van der Waals surface area contributed by atoms with Crippen molar-refractivity contribution in [1.29, 1.82) is 0 Å². The van der Waals surface area contributed by atoms with Crippen LogP contribution in [0.15, 0.2) is 59.5 Å². The molecule has 5 nitrogen and oxygen atoms in total. The highest BCUT2D eigenvalue weighted by Crippen LogP contribution is 2.24. The molecule has 0 unspecified atom stereocenters. The lowest BCUT2D eigenvalue weighted by molar-refractivity contribution is -0.125. The van der Waals surface area contributed by atoms with Gasteiger partial charge in [0.15, 0.2) is 0 Å². The molecule has 0 radical (unpaired) electrons. The molecule has 1 aliphatic heterocycles. The predicted octanol–water partition coefficient (Wildman–Crippen LogP) is 3.79. The Kier molecular flexibility index (Phi) is 8.00. The van der Waals surface area contributed by atoms with E-state index in [1.807, 2.05) is 24.3 Å². The molecular weight excluding hydrogens is 428 g/mol. The van der Waals surface area contributed by atoms with E-state index in [0.717, 1.165) is 16.5 Å². The van der Waals surface area contributed by atoms with Gasteiger partial charge in [0.05, 0.1) is 4.90 Å². The van der Waals surface area contributed by atoms with Gasteiger partial charge in [-0.15, -0.1) is 0 Å². The summed E-state index contributed by atoms with van der Waals surface area (Å²) in [5, 5.41) is 3.71. The van der Waals surface area contributed by atoms with Crippen molar-refractivity contribution in [3.05, 3.63) is 65.2 Å². The molecule has 1 N–H and O–H groups in total. The number of carbonyl (C=O) groups excluding carboxylic acids is 1. The minimum Gasteiger partial charge on any atom is -0.355 e. The molecule has 1 aliphatic rings. The van der Waals surface area contributed by atoms with E-state index in [1.54, 1.807) is 42.1 Å². The molecular formula is C21H25ClN2O3S2. The zero-order valence-electron chi connectivity index (χ0n) is 16.1. The number of nitrogens with zero attached hydrogens (tertiary/aromatic N) is 1. The number of nitrogens with one attached hydrogen (secondary N) is 1. The smallest absolute Gasteiger partial charge is 0.243 e. The summed E-state index contributed by atoms with van der Waals surface area (Å²) < 4.78 is 26.8. The topological polar surface area (TPSA) is 66.5 Å². The van der Waals surface area contributed by atoms with Crippen LogP contribution < -0.4 is 5.32 Å². The molecule has 0 atom stereocenters. The van der Waals surface area contributed by atoms with Crippen LogP contribution in [0.3, 0.4) is 0 Å². The first-order valence-corrected chi connectivity index (χ1v) is 12.6. The number of sulfonamides is 1. The maximum Gasteiger partial charge on any atom is 0.243 e. The molecule has 1 heterocycles. The fraction of sp³-hybridized carbons (Fsp3) is 0.381. The second kappa shape index (κ2) is 10.5. The Morgan fingerprint density at radius 2 is 1.83 bits per heavy atom. The van der Waals surface area contributed by atoms with Crippen LogP contribution in [0.4, 0.5) is 0 Å². The van der Waals surface area contributed by atoms with E-state index >= 15 is 0 Å². The number of thioether (sulfide) groups is 1. The molecule has 156 valence electrons. The first-order chi connectivity index (χ1) is 14.0. The molecule has 0 aromatic heterocycles. The zero-order chi connectivity index (χ0) is 20.7. The summed E-state index contributed by atoms with van der Waals surface area (Å²) in [5.74, 6) is 1.56. The van der Waals surface area contributed by atoms with Crippen LogP contribution in [0.2, 0.25) is 5.02 Å². The number of halogens is 1. The molecule has 1 saturated heterocycles. The third kappa shape index (κ3) is 6.22. The van der Waals surface area contributed by atoms with Gasteiger partial charge in [0.1, 0.15) is 0 Å². The number of hydrogen-bond donors (Lipinski definition) is 1. The molecule has 2 aromatic carbocycles. The van der Waals surface area contributed by atoms with E-state index < -0.39 is 10.0 Å². The van der Waals surface area contributed by atoms with Gasteiger partial charge in [-0.05, 0) is 42.7 Å². The Hall–Kier alpha value is -1.54. The maximum absolute atomic E-state index is 12.7. The second-order valence-electron chi connectivity index (χ2n) is 6.96. The fourth-order valence-corrected chi connectivity index (χ4v) is 5.82. The standard InChI is InChI=1S/C21H25ClN2O3S2/c22-19-6-4-5-17(15-19)16-28-14-11-23-21(25)18-9-12-24(13-10-18)29(26,27)20-7-2-1-3-8-20/h1-8,15,18H,9-14,16H2,(H,23,25). The molecule has 1 amide bonds. The lowest BCUT2D eigenvalue weighted by Gasteiger charge is -2.30. The largest absolute Gasteiger partial charge is 0.355 e. The van der Waals surface area contributed by atoms with Crippen molar-refractivity contribution < 1.29 is 13.2 Å². The molecule has 0 spiro atoms. The van der Waals surface area contributed by atoms with Crippen molar-refractivity contribution >= 4 is 39.3 Å². The zero-order valence-corrected chi connectivity index (χ0v) is 18.5. The Balaban J connectivity index is 1.38. The molecule has 0 bridgehead atoms. The van der Waals surface area contributed by atoms with Crippen molar-refractivity contribution in [1.82, 2.24) is 9.62 Å². The number of benzene rings is 2. The molecule has 8 heteroatoms. The van der Waals surface area contributed by atoms with Crippen molar-refractivity contribution in [2.45, 2.75) is 23.5 Å². The third-order valence-corrected chi connectivity index (χ3v) is 8.09. The van der Waals surface area contributed by atoms with Crippen LogP contribution in [-0.2, 0) is 20.6 Å². The van der Waals surface area contributed by atoms with Gasteiger partial charge >= 0.3 is 0 Å². The Bertz CT molecular complexity index is 915. The van der Waals surface area contributed by atoms with E-state index in [-0.39, 0.29) is 11.8 Å². The molecule has 29 heavy (non-hydrogen) atoms. The van der Waals surface area contributed by atoms with E-state index in [2.05, 4.69) is 5.32 Å². The van der Waals surface area contributed by atoms with Gasteiger partial charge in [-0.2, -0.15) is 16.1 Å². The van der Waals surface area contributed by atoms with E-state index in [1.165, 1.54) is 9.87 Å². The van der Waals surface area contributed by atoms with Crippen molar-refractivity contribution in [2.75, 3.05) is 25.4 Å². The van der Waals surface area contributed by atoms with E-state index in [9.17, 15) is 13.2 Å². The van der Waals surface area contributed by atoms with Crippen LogP contribution >= 0.6 is 23.4 Å². The Labute approximate surface area is 181 Å². The van der Waals surface area contributed by atoms with Crippen LogP contribution in [0.25, 0.3) is 0 Å². The highest BCUT2D eigenvalue weighted by Gasteiger charge is 2.31. The molecule has 3 rings (SSSR count). The molecule has 0 saturated carbocycles. The van der Waals surface area contributed by atoms with Gasteiger partial charge in [-0.1, -0.05) is 41.9 Å². The monoisotopic (exact) mass is 452 g/mol. The highest BCUT2D eigenvalue weighted by atomic mass is 35.5. The number of hydrogen-bond acceptors (Lipinski definition) is 4. The van der Waals surface area contributed by atoms with Gasteiger partial charge in [0, 0.05) is 42.1 Å². The summed E-state index contributed by atoms with van der Waals surface area (Å²) in [6, 6.07) is 16.2. The summed E-state index contributed by atoms with van der Waals surface area (Å²) in [6.45, 7) is 1.35. The molecule has 2 aromatic rings. The van der Waals surface area contributed by atoms with Gasteiger partial charge in [0.25, 0.3) is 0 Å². The lowest BCUT2D eigenvalue weighted by Crippen LogP contribution is -2.43.